The van der Waals surface area contributed by atoms with Crippen molar-refractivity contribution in [3.05, 3.63) is 28.8 Å². The van der Waals surface area contributed by atoms with Crippen LogP contribution in [-0.2, 0) is 4.74 Å². The molecular weight excluding hydrogens is 276 g/mol. The number of carboxylic acid groups (broad SMARTS) is 1. The molecule has 0 bridgehead atoms. The number of halogens is 1. The van der Waals surface area contributed by atoms with E-state index in [-0.39, 0.29) is 5.56 Å². The zero-order chi connectivity index (χ0) is 13.5. The molecule has 18 heavy (non-hydrogen) atoms. The fourth-order valence-corrected chi connectivity index (χ4v) is 1.56. The predicted octanol–water partition coefficient (Wildman–Crippen LogP) is 1.97. The van der Waals surface area contributed by atoms with Gasteiger partial charge in [-0.3, -0.25) is 0 Å². The van der Waals surface area contributed by atoms with Crippen LogP contribution in [0.15, 0.2) is 18.2 Å². The van der Waals surface area contributed by atoms with Crippen molar-refractivity contribution < 1.29 is 14.6 Å². The number of nitrogens with one attached hydrogen (secondary N) is 2. The van der Waals surface area contributed by atoms with Crippen LogP contribution in [0.5, 0.6) is 0 Å². The number of carbonyl (C=O) groups is 1. The minimum atomic E-state index is -1.02. The summed E-state index contributed by atoms with van der Waals surface area (Å²) in [6, 6.07) is 4.36. The molecule has 7 heteroatoms. The number of benzene rings is 1. The Balaban J connectivity index is 2.68. The van der Waals surface area contributed by atoms with Gasteiger partial charge in [0.1, 0.15) is 0 Å². The molecule has 0 unspecified atom stereocenters. The van der Waals surface area contributed by atoms with Crippen LogP contribution in [-0.4, -0.2) is 36.4 Å². The van der Waals surface area contributed by atoms with Gasteiger partial charge in [0.25, 0.3) is 0 Å². The first kappa shape index (κ1) is 14.7. The number of carboxylic acids is 1. The van der Waals surface area contributed by atoms with Gasteiger partial charge in [0.2, 0.25) is 0 Å². The Hall–Kier alpha value is -1.37. The molecule has 0 aromatic heterocycles. The smallest absolute Gasteiger partial charge is 0.335 e. The van der Waals surface area contributed by atoms with Crippen molar-refractivity contribution in [2.75, 3.05) is 25.6 Å². The van der Waals surface area contributed by atoms with Crippen LogP contribution < -0.4 is 10.6 Å². The number of ether oxygens (including phenoxy) is 1. The molecule has 0 saturated carbocycles. The SMILES string of the molecule is COCCNC(=S)Nc1cc(C(=O)O)ccc1Cl. The lowest BCUT2D eigenvalue weighted by Gasteiger charge is -2.11. The third-order valence-corrected chi connectivity index (χ3v) is 2.63. The Morgan fingerprint density at radius 1 is 1.56 bits per heavy atom. The molecule has 0 amide bonds. The Morgan fingerprint density at radius 2 is 2.28 bits per heavy atom. The highest BCUT2D eigenvalue weighted by molar-refractivity contribution is 7.80. The highest BCUT2D eigenvalue weighted by atomic mass is 35.5. The molecule has 5 nitrogen and oxygen atoms in total. The average molecular weight is 289 g/mol. The van der Waals surface area contributed by atoms with Crippen molar-refractivity contribution in [2.45, 2.75) is 0 Å². The molecule has 1 aromatic carbocycles. The van der Waals surface area contributed by atoms with Crippen LogP contribution in [0.3, 0.4) is 0 Å². The second-order valence-corrected chi connectivity index (χ2v) is 4.19. The first-order valence-corrected chi connectivity index (χ1v) is 5.90. The van der Waals surface area contributed by atoms with Crippen LogP contribution >= 0.6 is 23.8 Å². The summed E-state index contributed by atoms with van der Waals surface area (Å²) >= 11 is 11.0. The van der Waals surface area contributed by atoms with Gasteiger partial charge in [-0.15, -0.1) is 0 Å². The van der Waals surface area contributed by atoms with E-state index in [1.807, 2.05) is 0 Å². The monoisotopic (exact) mass is 288 g/mol. The first-order valence-electron chi connectivity index (χ1n) is 5.11. The summed E-state index contributed by atoms with van der Waals surface area (Å²) in [6.45, 7) is 1.07. The van der Waals surface area contributed by atoms with E-state index in [4.69, 9.17) is 33.7 Å². The molecule has 0 atom stereocenters. The molecule has 98 valence electrons. The lowest BCUT2D eigenvalue weighted by molar-refractivity contribution is 0.0697. The zero-order valence-corrected chi connectivity index (χ0v) is 11.3. The van der Waals surface area contributed by atoms with Gasteiger partial charge in [-0.05, 0) is 30.4 Å². The molecule has 0 saturated heterocycles. The molecule has 1 rings (SSSR count). The van der Waals surface area contributed by atoms with Gasteiger partial charge in [-0.2, -0.15) is 0 Å². The van der Waals surface area contributed by atoms with E-state index in [9.17, 15) is 4.79 Å². The van der Waals surface area contributed by atoms with Crippen molar-refractivity contribution in [1.82, 2.24) is 5.32 Å². The van der Waals surface area contributed by atoms with Crippen LogP contribution in [0.2, 0.25) is 5.02 Å². The third-order valence-electron chi connectivity index (χ3n) is 2.05. The van der Waals surface area contributed by atoms with Crippen LogP contribution in [0.4, 0.5) is 5.69 Å². The minimum absolute atomic E-state index is 0.140. The molecule has 3 N–H and O–H groups in total. The van der Waals surface area contributed by atoms with Crippen molar-refractivity contribution in [3.63, 3.8) is 0 Å². The summed E-state index contributed by atoms with van der Waals surface area (Å²) < 4.78 is 4.86. The predicted molar refractivity (Wildman–Crippen MR) is 74.5 cm³/mol. The van der Waals surface area contributed by atoms with Crippen molar-refractivity contribution in [2.24, 2.45) is 0 Å². The van der Waals surface area contributed by atoms with Crippen molar-refractivity contribution >= 4 is 40.6 Å². The van der Waals surface area contributed by atoms with E-state index >= 15 is 0 Å². The average Bonchev–Trinajstić information content (AvgIpc) is 2.32. The molecule has 0 fully saturated rings. The van der Waals surface area contributed by atoms with E-state index in [1.165, 1.54) is 18.2 Å². The van der Waals surface area contributed by atoms with Gasteiger partial charge in [-0.1, -0.05) is 11.6 Å². The Morgan fingerprint density at radius 3 is 2.89 bits per heavy atom. The van der Waals surface area contributed by atoms with Gasteiger partial charge in [0.15, 0.2) is 5.11 Å². The third kappa shape index (κ3) is 4.48. The molecule has 1 aromatic rings. The van der Waals surface area contributed by atoms with E-state index in [0.29, 0.717) is 29.0 Å². The van der Waals surface area contributed by atoms with Gasteiger partial charge in [-0.25, -0.2) is 4.79 Å². The maximum absolute atomic E-state index is 10.8. The van der Waals surface area contributed by atoms with Crippen LogP contribution in [0, 0.1) is 0 Å². The molecule has 0 aliphatic carbocycles. The largest absolute Gasteiger partial charge is 0.478 e. The Labute approximate surface area is 115 Å². The fourth-order valence-electron chi connectivity index (χ4n) is 1.19. The van der Waals surface area contributed by atoms with Gasteiger partial charge >= 0.3 is 5.97 Å². The maximum Gasteiger partial charge on any atom is 0.335 e. The summed E-state index contributed by atoms with van der Waals surface area (Å²) in [4.78, 5) is 10.8. The molecular formula is C11H13ClN2O3S. The lowest BCUT2D eigenvalue weighted by atomic mass is 10.2. The fraction of sp³-hybridized carbons (Fsp3) is 0.273. The summed E-state index contributed by atoms with van der Waals surface area (Å²) in [5, 5.41) is 15.4. The van der Waals surface area contributed by atoms with Crippen LogP contribution in [0.25, 0.3) is 0 Å². The number of hydrogen-bond donors (Lipinski definition) is 3. The Kier molecular flexibility index (Phi) is 5.84. The highest BCUT2D eigenvalue weighted by Crippen LogP contribution is 2.22. The Bertz CT molecular complexity index is 454. The lowest BCUT2D eigenvalue weighted by Crippen LogP contribution is -2.31. The minimum Gasteiger partial charge on any atom is -0.478 e. The van der Waals surface area contributed by atoms with E-state index < -0.39 is 5.97 Å². The zero-order valence-electron chi connectivity index (χ0n) is 9.70. The van der Waals surface area contributed by atoms with E-state index in [1.54, 1.807) is 7.11 Å². The summed E-state index contributed by atoms with van der Waals surface area (Å²) in [7, 11) is 1.59. The quantitative estimate of drug-likeness (QED) is 0.568. The second kappa shape index (κ2) is 7.15. The van der Waals surface area contributed by atoms with Crippen molar-refractivity contribution in [3.8, 4) is 0 Å². The van der Waals surface area contributed by atoms with Gasteiger partial charge in [0.05, 0.1) is 22.9 Å². The van der Waals surface area contributed by atoms with Gasteiger partial charge < -0.3 is 20.5 Å². The first-order chi connectivity index (χ1) is 8.54. The highest BCUT2D eigenvalue weighted by Gasteiger charge is 2.08. The summed E-state index contributed by atoms with van der Waals surface area (Å²) in [5.41, 5.74) is 0.591. The standard InChI is InChI=1S/C11H13ClN2O3S/c1-17-5-4-13-11(18)14-9-6-7(10(15)16)2-3-8(9)12/h2-3,6H,4-5H2,1H3,(H,15,16)(H2,13,14,18). The summed E-state index contributed by atoms with van der Waals surface area (Å²) in [5.74, 6) is -1.02. The van der Waals surface area contributed by atoms with Crippen LogP contribution in [0.1, 0.15) is 10.4 Å². The second-order valence-electron chi connectivity index (χ2n) is 3.37. The van der Waals surface area contributed by atoms with Gasteiger partial charge in [0, 0.05) is 13.7 Å². The number of anilines is 1. The van der Waals surface area contributed by atoms with E-state index in [0.717, 1.165) is 0 Å². The number of rotatable bonds is 5. The number of aromatic carboxylic acids is 1. The molecule has 0 spiro atoms. The van der Waals surface area contributed by atoms with E-state index in [2.05, 4.69) is 10.6 Å². The van der Waals surface area contributed by atoms with Crippen molar-refractivity contribution in [1.29, 1.82) is 0 Å². The maximum atomic E-state index is 10.8. The number of hydrogen-bond acceptors (Lipinski definition) is 3. The topological polar surface area (TPSA) is 70.6 Å². The molecule has 0 aliphatic rings. The number of thiocarbonyl (C=S) groups is 1. The molecule has 0 aliphatic heterocycles. The molecule has 0 radical (unpaired) electrons. The number of methoxy groups -OCH3 is 1. The normalized spacial score (nSPS) is 9.89. The molecule has 0 heterocycles. The summed E-state index contributed by atoms with van der Waals surface area (Å²) in [6.07, 6.45) is 0.